The van der Waals surface area contributed by atoms with E-state index >= 15 is 0 Å². The standard InChI is InChI=1S/C25H27Cl2N3O2S/c1-3-13-29(25(32)28-24-20(26)10-7-11-21(24)27)17-23(31)30(15-19-8-5-4-6-9-19)16-22-18(2)12-14-33-22/h4-12,14H,3,13,15-17H2,1-2H3,(H,28,32). The quantitative estimate of drug-likeness (QED) is 0.347. The van der Waals surface area contributed by atoms with Crippen molar-refractivity contribution in [2.45, 2.75) is 33.4 Å². The van der Waals surface area contributed by atoms with Gasteiger partial charge in [0.05, 0.1) is 22.3 Å². The monoisotopic (exact) mass is 503 g/mol. The van der Waals surface area contributed by atoms with Crippen LogP contribution in [0, 0.1) is 6.92 Å². The summed E-state index contributed by atoms with van der Waals surface area (Å²) in [5, 5.41) is 5.48. The molecule has 0 saturated heterocycles. The van der Waals surface area contributed by atoms with Crippen LogP contribution < -0.4 is 5.32 Å². The molecule has 3 aromatic rings. The summed E-state index contributed by atoms with van der Waals surface area (Å²) in [5.74, 6) is -0.125. The predicted molar refractivity (Wildman–Crippen MR) is 137 cm³/mol. The Bertz CT molecular complexity index is 1070. The first-order chi connectivity index (χ1) is 15.9. The molecule has 8 heteroatoms. The van der Waals surface area contributed by atoms with Crippen molar-refractivity contribution in [1.29, 1.82) is 0 Å². The second-order valence-electron chi connectivity index (χ2n) is 7.71. The molecule has 0 spiro atoms. The normalized spacial score (nSPS) is 10.7. The van der Waals surface area contributed by atoms with Crippen LogP contribution in [0.15, 0.2) is 60.0 Å². The zero-order valence-electron chi connectivity index (χ0n) is 18.7. The number of carbonyl (C=O) groups is 2. The smallest absolute Gasteiger partial charge is 0.322 e. The maximum Gasteiger partial charge on any atom is 0.322 e. The van der Waals surface area contributed by atoms with Crippen LogP contribution in [0.25, 0.3) is 0 Å². The number of carbonyl (C=O) groups excluding carboxylic acids is 2. The molecule has 3 amide bonds. The molecule has 0 radical (unpaired) electrons. The first-order valence-electron chi connectivity index (χ1n) is 10.7. The maximum atomic E-state index is 13.4. The van der Waals surface area contributed by atoms with Crippen LogP contribution in [0.4, 0.5) is 10.5 Å². The second kappa shape index (κ2) is 12.1. The van der Waals surface area contributed by atoms with E-state index in [0.29, 0.717) is 41.8 Å². The Morgan fingerprint density at radius 1 is 0.939 bits per heavy atom. The third kappa shape index (κ3) is 6.97. The minimum atomic E-state index is -0.410. The van der Waals surface area contributed by atoms with Gasteiger partial charge in [-0.1, -0.05) is 66.5 Å². The van der Waals surface area contributed by atoms with Crippen LogP contribution in [0.5, 0.6) is 0 Å². The van der Waals surface area contributed by atoms with Crippen LogP contribution >= 0.6 is 34.5 Å². The Morgan fingerprint density at radius 3 is 2.24 bits per heavy atom. The van der Waals surface area contributed by atoms with Gasteiger partial charge in [0.15, 0.2) is 0 Å². The summed E-state index contributed by atoms with van der Waals surface area (Å²) in [4.78, 5) is 30.9. The van der Waals surface area contributed by atoms with Crippen molar-refractivity contribution in [2.24, 2.45) is 0 Å². The van der Waals surface area contributed by atoms with Crippen molar-refractivity contribution in [3.05, 3.63) is 86.0 Å². The first kappa shape index (κ1) is 25.1. The third-order valence-corrected chi connectivity index (χ3v) is 6.81. The number of nitrogens with one attached hydrogen (secondary N) is 1. The molecule has 174 valence electrons. The van der Waals surface area contributed by atoms with Crippen LogP contribution in [-0.2, 0) is 17.9 Å². The summed E-state index contributed by atoms with van der Waals surface area (Å²) >= 11 is 14.0. The molecular weight excluding hydrogens is 477 g/mol. The molecule has 2 aromatic carbocycles. The molecule has 0 bridgehead atoms. The number of benzene rings is 2. The van der Waals surface area contributed by atoms with E-state index in [0.717, 1.165) is 16.0 Å². The van der Waals surface area contributed by atoms with Gasteiger partial charge in [0.2, 0.25) is 5.91 Å². The van der Waals surface area contributed by atoms with E-state index in [1.165, 1.54) is 4.90 Å². The average Bonchev–Trinajstić information content (AvgIpc) is 3.20. The van der Waals surface area contributed by atoms with Crippen molar-refractivity contribution in [3.63, 3.8) is 0 Å². The van der Waals surface area contributed by atoms with Gasteiger partial charge in [-0.2, -0.15) is 0 Å². The highest BCUT2D eigenvalue weighted by atomic mass is 35.5. The van der Waals surface area contributed by atoms with E-state index in [-0.39, 0.29) is 12.5 Å². The largest absolute Gasteiger partial charge is 0.332 e. The molecule has 0 fully saturated rings. The van der Waals surface area contributed by atoms with Gasteiger partial charge in [-0.15, -0.1) is 11.3 Å². The zero-order chi connectivity index (χ0) is 23.8. The Hall–Kier alpha value is -2.54. The van der Waals surface area contributed by atoms with Gasteiger partial charge >= 0.3 is 6.03 Å². The van der Waals surface area contributed by atoms with E-state index in [2.05, 4.69) is 11.4 Å². The highest BCUT2D eigenvalue weighted by Crippen LogP contribution is 2.30. The van der Waals surface area contributed by atoms with Crippen molar-refractivity contribution >= 4 is 52.2 Å². The second-order valence-corrected chi connectivity index (χ2v) is 9.53. The highest BCUT2D eigenvalue weighted by Gasteiger charge is 2.23. The van der Waals surface area contributed by atoms with Gasteiger partial charge in [0.25, 0.3) is 0 Å². The lowest BCUT2D eigenvalue weighted by Gasteiger charge is -2.28. The molecular formula is C25H27Cl2N3O2S. The maximum absolute atomic E-state index is 13.4. The van der Waals surface area contributed by atoms with Gasteiger partial charge in [-0.3, -0.25) is 4.79 Å². The van der Waals surface area contributed by atoms with E-state index in [4.69, 9.17) is 23.2 Å². The SMILES string of the molecule is CCCN(CC(=O)N(Cc1ccccc1)Cc1sccc1C)C(=O)Nc1c(Cl)cccc1Cl. The summed E-state index contributed by atoms with van der Waals surface area (Å²) in [6.45, 7) is 5.35. The fourth-order valence-electron chi connectivity index (χ4n) is 3.36. The van der Waals surface area contributed by atoms with Gasteiger partial charge in [-0.25, -0.2) is 4.79 Å². The molecule has 5 nitrogen and oxygen atoms in total. The molecule has 1 heterocycles. The molecule has 0 aliphatic rings. The number of hydrogen-bond donors (Lipinski definition) is 1. The number of thiophene rings is 1. The van der Waals surface area contributed by atoms with Gasteiger partial charge in [-0.05, 0) is 48.1 Å². The molecule has 0 saturated carbocycles. The van der Waals surface area contributed by atoms with E-state index in [9.17, 15) is 9.59 Å². The molecule has 1 aromatic heterocycles. The first-order valence-corrected chi connectivity index (χ1v) is 12.4. The van der Waals surface area contributed by atoms with Crippen LogP contribution in [0.3, 0.4) is 0 Å². The molecule has 3 rings (SSSR count). The van der Waals surface area contributed by atoms with E-state index in [1.54, 1.807) is 34.4 Å². The Balaban J connectivity index is 1.77. The predicted octanol–water partition coefficient (Wildman–Crippen LogP) is 6.84. The molecule has 1 N–H and O–H groups in total. The number of para-hydroxylation sites is 1. The fourth-order valence-corrected chi connectivity index (χ4v) is 4.78. The minimum Gasteiger partial charge on any atom is -0.332 e. The summed E-state index contributed by atoms with van der Waals surface area (Å²) in [6, 6.07) is 16.5. The minimum absolute atomic E-state index is 0.0427. The summed E-state index contributed by atoms with van der Waals surface area (Å²) < 4.78 is 0. The third-order valence-electron chi connectivity index (χ3n) is 5.17. The lowest BCUT2D eigenvalue weighted by molar-refractivity contribution is -0.133. The molecule has 0 aliphatic heterocycles. The summed E-state index contributed by atoms with van der Waals surface area (Å²) in [6.07, 6.45) is 0.708. The number of rotatable bonds is 9. The van der Waals surface area contributed by atoms with Crippen molar-refractivity contribution in [3.8, 4) is 0 Å². The van der Waals surface area contributed by atoms with E-state index < -0.39 is 6.03 Å². The zero-order valence-corrected chi connectivity index (χ0v) is 21.0. The number of halogens is 2. The molecule has 0 unspecified atom stereocenters. The lowest BCUT2D eigenvalue weighted by Crippen LogP contribution is -2.44. The molecule has 33 heavy (non-hydrogen) atoms. The van der Waals surface area contributed by atoms with Gasteiger partial charge < -0.3 is 15.1 Å². The summed E-state index contributed by atoms with van der Waals surface area (Å²) in [5.41, 5.74) is 2.53. The van der Waals surface area contributed by atoms with E-state index in [1.807, 2.05) is 49.6 Å². The average molecular weight is 504 g/mol. The molecule has 0 aliphatic carbocycles. The van der Waals surface area contributed by atoms with Crippen molar-refractivity contribution in [2.75, 3.05) is 18.4 Å². The number of anilines is 1. The topological polar surface area (TPSA) is 52.7 Å². The number of hydrogen-bond acceptors (Lipinski definition) is 3. The van der Waals surface area contributed by atoms with Gasteiger partial charge in [0.1, 0.15) is 6.54 Å². The highest BCUT2D eigenvalue weighted by molar-refractivity contribution is 7.10. The number of nitrogens with zero attached hydrogens (tertiary/aromatic N) is 2. The summed E-state index contributed by atoms with van der Waals surface area (Å²) in [7, 11) is 0. The van der Waals surface area contributed by atoms with Crippen molar-refractivity contribution < 1.29 is 9.59 Å². The van der Waals surface area contributed by atoms with Crippen LogP contribution in [-0.4, -0.2) is 34.8 Å². The number of amides is 3. The lowest BCUT2D eigenvalue weighted by atomic mass is 10.2. The Kier molecular flexibility index (Phi) is 9.18. The van der Waals surface area contributed by atoms with Crippen molar-refractivity contribution in [1.82, 2.24) is 9.80 Å². The van der Waals surface area contributed by atoms with Crippen LogP contribution in [0.2, 0.25) is 10.0 Å². The number of aryl methyl sites for hydroxylation is 1. The fraction of sp³-hybridized carbons (Fsp3) is 0.280. The number of urea groups is 1. The molecule has 0 atom stereocenters. The Labute approximate surface area is 208 Å². The van der Waals surface area contributed by atoms with Gasteiger partial charge in [0, 0.05) is 18.0 Å². The Morgan fingerprint density at radius 2 is 1.64 bits per heavy atom. The van der Waals surface area contributed by atoms with Crippen LogP contribution in [0.1, 0.15) is 29.3 Å².